The molecule has 2 N–H and O–H groups in total. The standard InChI is InChI=1S/C15H12BrCl2NO/c16-12-3-1-8(17)5-10(12)15-7-13(19)11-6-9(18)2-4-14(11)20-15/h1-6,13,15H,7,19H2/t13-,15?/m1/s1. The van der Waals surface area contributed by atoms with Crippen molar-refractivity contribution in [1.82, 2.24) is 0 Å². The van der Waals surface area contributed by atoms with Crippen LogP contribution < -0.4 is 10.5 Å². The summed E-state index contributed by atoms with van der Waals surface area (Å²) in [5, 5.41) is 1.35. The SMILES string of the molecule is N[C@@H]1CC(c2cc(Cl)ccc2Br)Oc2ccc(Cl)cc21. The number of halogens is 3. The summed E-state index contributed by atoms with van der Waals surface area (Å²) in [6.45, 7) is 0. The second-order valence-electron chi connectivity index (χ2n) is 4.80. The first-order valence-electron chi connectivity index (χ1n) is 6.21. The van der Waals surface area contributed by atoms with Crippen molar-refractivity contribution in [3.05, 3.63) is 62.0 Å². The summed E-state index contributed by atoms with van der Waals surface area (Å²) in [5.74, 6) is 0.782. The number of ether oxygens (including phenoxy) is 1. The van der Waals surface area contributed by atoms with Crippen LogP contribution >= 0.6 is 39.1 Å². The molecule has 0 amide bonds. The van der Waals surface area contributed by atoms with E-state index in [0.29, 0.717) is 16.5 Å². The highest BCUT2D eigenvalue weighted by atomic mass is 79.9. The molecule has 1 aliphatic rings. The van der Waals surface area contributed by atoms with Gasteiger partial charge in [0.1, 0.15) is 11.9 Å². The molecule has 2 nitrogen and oxygen atoms in total. The van der Waals surface area contributed by atoms with Crippen molar-refractivity contribution in [2.24, 2.45) is 5.73 Å². The Morgan fingerprint density at radius 1 is 1.05 bits per heavy atom. The Kier molecular flexibility index (Phi) is 3.95. The predicted octanol–water partition coefficient (Wildman–Crippen LogP) is 5.28. The van der Waals surface area contributed by atoms with E-state index < -0.39 is 0 Å². The molecule has 0 fully saturated rings. The van der Waals surface area contributed by atoms with Gasteiger partial charge in [-0.1, -0.05) is 39.1 Å². The largest absolute Gasteiger partial charge is 0.485 e. The van der Waals surface area contributed by atoms with E-state index in [9.17, 15) is 0 Å². The van der Waals surface area contributed by atoms with Crippen LogP contribution in [0.4, 0.5) is 0 Å². The number of fused-ring (bicyclic) bond motifs is 1. The van der Waals surface area contributed by atoms with Gasteiger partial charge in [0, 0.05) is 38.1 Å². The zero-order chi connectivity index (χ0) is 14.3. The van der Waals surface area contributed by atoms with Crippen molar-refractivity contribution in [2.75, 3.05) is 0 Å². The Balaban J connectivity index is 1.99. The first-order valence-corrected chi connectivity index (χ1v) is 7.76. The molecule has 1 unspecified atom stereocenters. The maximum atomic E-state index is 6.24. The van der Waals surface area contributed by atoms with E-state index >= 15 is 0 Å². The van der Waals surface area contributed by atoms with Crippen LogP contribution in [-0.4, -0.2) is 0 Å². The van der Waals surface area contributed by atoms with Gasteiger partial charge >= 0.3 is 0 Å². The molecular weight excluding hydrogens is 361 g/mol. The highest BCUT2D eigenvalue weighted by molar-refractivity contribution is 9.10. The number of benzene rings is 2. The van der Waals surface area contributed by atoms with E-state index in [1.165, 1.54) is 0 Å². The van der Waals surface area contributed by atoms with Crippen LogP contribution in [0.3, 0.4) is 0 Å². The van der Waals surface area contributed by atoms with Crippen molar-refractivity contribution >= 4 is 39.1 Å². The lowest BCUT2D eigenvalue weighted by atomic mass is 9.93. The lowest BCUT2D eigenvalue weighted by molar-refractivity contribution is 0.161. The maximum absolute atomic E-state index is 6.24. The van der Waals surface area contributed by atoms with Gasteiger partial charge in [-0.3, -0.25) is 0 Å². The van der Waals surface area contributed by atoms with Gasteiger partial charge in [-0.05, 0) is 36.4 Å². The van der Waals surface area contributed by atoms with Crippen LogP contribution in [0.2, 0.25) is 10.0 Å². The molecule has 0 saturated heterocycles. The molecular formula is C15H12BrCl2NO. The van der Waals surface area contributed by atoms with E-state index in [1.54, 1.807) is 0 Å². The molecule has 1 aliphatic heterocycles. The molecule has 5 heteroatoms. The molecule has 2 aromatic rings. The summed E-state index contributed by atoms with van der Waals surface area (Å²) in [4.78, 5) is 0. The summed E-state index contributed by atoms with van der Waals surface area (Å²) < 4.78 is 7.02. The molecule has 0 spiro atoms. The lowest BCUT2D eigenvalue weighted by Crippen LogP contribution is -2.24. The molecule has 3 rings (SSSR count). The van der Waals surface area contributed by atoms with Crippen molar-refractivity contribution < 1.29 is 4.74 Å². The third-order valence-electron chi connectivity index (χ3n) is 3.41. The van der Waals surface area contributed by atoms with E-state index in [1.807, 2.05) is 36.4 Å². The lowest BCUT2D eigenvalue weighted by Gasteiger charge is -2.31. The Bertz CT molecular complexity index is 662. The third kappa shape index (κ3) is 2.68. The van der Waals surface area contributed by atoms with Gasteiger partial charge in [-0.25, -0.2) is 0 Å². The van der Waals surface area contributed by atoms with Gasteiger partial charge in [-0.2, -0.15) is 0 Å². The molecule has 1 heterocycles. The quantitative estimate of drug-likeness (QED) is 0.738. The first kappa shape index (κ1) is 14.2. The maximum Gasteiger partial charge on any atom is 0.127 e. The first-order chi connectivity index (χ1) is 9.54. The Morgan fingerprint density at radius 2 is 1.70 bits per heavy atom. The number of rotatable bonds is 1. The summed E-state index contributed by atoms with van der Waals surface area (Å²) in [6.07, 6.45) is 0.568. The number of hydrogen-bond acceptors (Lipinski definition) is 2. The van der Waals surface area contributed by atoms with Gasteiger partial charge in [-0.15, -0.1) is 0 Å². The van der Waals surface area contributed by atoms with Gasteiger partial charge in [0.2, 0.25) is 0 Å². The van der Waals surface area contributed by atoms with E-state index in [0.717, 1.165) is 21.3 Å². The summed E-state index contributed by atoms with van der Waals surface area (Å²) in [6, 6.07) is 11.1. The molecule has 0 radical (unpaired) electrons. The second kappa shape index (κ2) is 5.57. The van der Waals surface area contributed by atoms with Gasteiger partial charge in [0.15, 0.2) is 0 Å². The van der Waals surface area contributed by atoms with Crippen LogP contribution in [0.15, 0.2) is 40.9 Å². The average molecular weight is 373 g/mol. The van der Waals surface area contributed by atoms with Crippen LogP contribution in [0, 0.1) is 0 Å². The molecule has 20 heavy (non-hydrogen) atoms. The number of nitrogens with two attached hydrogens (primary N) is 1. The fourth-order valence-electron chi connectivity index (χ4n) is 2.43. The van der Waals surface area contributed by atoms with E-state index in [-0.39, 0.29) is 12.1 Å². The Hall–Kier alpha value is -0.740. The smallest absolute Gasteiger partial charge is 0.127 e. The van der Waals surface area contributed by atoms with Crippen molar-refractivity contribution in [3.63, 3.8) is 0 Å². The molecule has 0 saturated carbocycles. The summed E-state index contributed by atoms with van der Waals surface area (Å²) >= 11 is 15.6. The topological polar surface area (TPSA) is 35.2 Å². The summed E-state index contributed by atoms with van der Waals surface area (Å²) in [7, 11) is 0. The zero-order valence-electron chi connectivity index (χ0n) is 10.4. The highest BCUT2D eigenvalue weighted by Crippen LogP contribution is 2.42. The van der Waals surface area contributed by atoms with E-state index in [2.05, 4.69) is 15.9 Å². The van der Waals surface area contributed by atoms with Gasteiger partial charge in [0.05, 0.1) is 0 Å². The van der Waals surface area contributed by atoms with E-state index in [4.69, 9.17) is 33.7 Å². The molecule has 0 aliphatic carbocycles. The minimum absolute atomic E-state index is 0.103. The minimum atomic E-state index is -0.119. The number of hydrogen-bond donors (Lipinski definition) is 1. The highest BCUT2D eigenvalue weighted by Gasteiger charge is 2.28. The fourth-order valence-corrected chi connectivity index (χ4v) is 3.29. The van der Waals surface area contributed by atoms with Gasteiger partial charge < -0.3 is 10.5 Å². The second-order valence-corrected chi connectivity index (χ2v) is 6.52. The Labute approximate surface area is 136 Å². The van der Waals surface area contributed by atoms with Gasteiger partial charge in [0.25, 0.3) is 0 Å². The molecule has 104 valence electrons. The molecule has 2 aromatic carbocycles. The summed E-state index contributed by atoms with van der Waals surface area (Å²) in [5.41, 5.74) is 8.20. The van der Waals surface area contributed by atoms with Crippen LogP contribution in [0.5, 0.6) is 5.75 Å². The predicted molar refractivity (Wildman–Crippen MR) is 85.5 cm³/mol. The molecule has 2 atom stereocenters. The Morgan fingerprint density at radius 3 is 2.45 bits per heavy atom. The average Bonchev–Trinajstić information content (AvgIpc) is 2.42. The fraction of sp³-hybridized carbons (Fsp3) is 0.200. The van der Waals surface area contributed by atoms with Crippen molar-refractivity contribution in [2.45, 2.75) is 18.6 Å². The van der Waals surface area contributed by atoms with Crippen LogP contribution in [-0.2, 0) is 0 Å². The zero-order valence-corrected chi connectivity index (χ0v) is 13.5. The van der Waals surface area contributed by atoms with Crippen LogP contribution in [0.25, 0.3) is 0 Å². The normalized spacial score (nSPS) is 21.2. The molecule has 0 bridgehead atoms. The van der Waals surface area contributed by atoms with Crippen LogP contribution in [0.1, 0.15) is 29.7 Å². The van der Waals surface area contributed by atoms with Crippen molar-refractivity contribution in [3.8, 4) is 5.75 Å². The van der Waals surface area contributed by atoms with Crippen molar-refractivity contribution in [1.29, 1.82) is 0 Å². The molecule has 0 aromatic heterocycles. The monoisotopic (exact) mass is 371 g/mol. The minimum Gasteiger partial charge on any atom is -0.485 e. The third-order valence-corrected chi connectivity index (χ3v) is 4.61.